The molecule has 1 aromatic heterocycles. The summed E-state index contributed by atoms with van der Waals surface area (Å²) in [6.07, 6.45) is -2.14. The first kappa shape index (κ1) is 11.0. The lowest BCUT2D eigenvalue weighted by molar-refractivity contribution is 0.112. The summed E-state index contributed by atoms with van der Waals surface area (Å²) in [5.74, 6) is 0.0401. The zero-order valence-corrected chi connectivity index (χ0v) is 8.18. The molecule has 0 atom stereocenters. The first-order chi connectivity index (χ1) is 6.60. The molecule has 0 aliphatic heterocycles. The summed E-state index contributed by atoms with van der Waals surface area (Å²) in [6.45, 7) is 1.46. The molecule has 0 spiro atoms. The molecule has 1 aromatic rings. The number of rotatable bonds is 3. The third kappa shape index (κ3) is 2.07. The van der Waals surface area contributed by atoms with Gasteiger partial charge in [0.1, 0.15) is 0 Å². The Morgan fingerprint density at radius 3 is 2.71 bits per heavy atom. The van der Waals surface area contributed by atoms with E-state index in [-0.39, 0.29) is 22.7 Å². The number of pyridine rings is 1. The van der Waals surface area contributed by atoms with Crippen molar-refractivity contribution < 1.29 is 13.6 Å². The number of carbonyl (C=O) groups excluding carboxylic acids is 1. The minimum absolute atomic E-state index is 0.0401. The third-order valence-electron chi connectivity index (χ3n) is 1.85. The fraction of sp³-hybridized carbons (Fsp3) is 0.333. The van der Waals surface area contributed by atoms with Gasteiger partial charge in [-0.15, -0.1) is 11.6 Å². The second-order valence-corrected chi connectivity index (χ2v) is 3.02. The van der Waals surface area contributed by atoms with Crippen molar-refractivity contribution in [2.45, 2.75) is 19.2 Å². The van der Waals surface area contributed by atoms with Crippen molar-refractivity contribution >= 4 is 17.9 Å². The van der Waals surface area contributed by atoms with E-state index in [2.05, 4.69) is 4.98 Å². The highest BCUT2D eigenvalue weighted by molar-refractivity contribution is 6.17. The van der Waals surface area contributed by atoms with Crippen molar-refractivity contribution in [3.05, 3.63) is 28.6 Å². The molecule has 0 saturated heterocycles. The van der Waals surface area contributed by atoms with Gasteiger partial charge in [0.25, 0.3) is 6.43 Å². The van der Waals surface area contributed by atoms with Crippen LogP contribution in [0.25, 0.3) is 0 Å². The highest BCUT2D eigenvalue weighted by Gasteiger charge is 2.15. The largest absolute Gasteiger partial charge is 0.298 e. The number of alkyl halides is 3. The number of hydrogen-bond donors (Lipinski definition) is 0. The van der Waals surface area contributed by atoms with Crippen LogP contribution in [0.2, 0.25) is 0 Å². The molecule has 0 amide bonds. The molecule has 0 bridgehead atoms. The smallest absolute Gasteiger partial charge is 0.265 e. The first-order valence-corrected chi connectivity index (χ1v) is 4.43. The van der Waals surface area contributed by atoms with E-state index in [1.165, 1.54) is 6.92 Å². The summed E-state index contributed by atoms with van der Waals surface area (Å²) in [4.78, 5) is 14.4. The highest BCUT2D eigenvalue weighted by atomic mass is 35.5. The molecule has 1 heterocycles. The van der Waals surface area contributed by atoms with E-state index in [4.69, 9.17) is 11.6 Å². The molecule has 0 radical (unpaired) electrons. The summed E-state index contributed by atoms with van der Waals surface area (Å²) >= 11 is 5.51. The number of nitrogens with zero attached hydrogens (tertiary/aromatic N) is 1. The molecule has 1 rings (SSSR count). The SMILES string of the molecule is Cc1nc(CCl)c(C=O)cc1C(F)F. The van der Waals surface area contributed by atoms with Gasteiger partial charge in [0.15, 0.2) is 6.29 Å². The van der Waals surface area contributed by atoms with Gasteiger partial charge < -0.3 is 0 Å². The fourth-order valence-electron chi connectivity index (χ4n) is 1.12. The van der Waals surface area contributed by atoms with Gasteiger partial charge in [-0.3, -0.25) is 9.78 Å². The Labute approximate surface area is 84.9 Å². The minimum atomic E-state index is -2.62. The van der Waals surface area contributed by atoms with Gasteiger partial charge in [0.05, 0.1) is 11.6 Å². The number of aryl methyl sites for hydroxylation is 1. The summed E-state index contributed by atoms with van der Waals surface area (Å²) in [5, 5.41) is 0. The van der Waals surface area contributed by atoms with Gasteiger partial charge in [-0.25, -0.2) is 8.78 Å². The second-order valence-electron chi connectivity index (χ2n) is 2.75. The standard InChI is InChI=1S/C9H8ClF2NO/c1-5-7(9(11)12)2-6(4-14)8(3-10)13-5/h2,4,9H,3H2,1H3. The predicted octanol–water partition coefficient (Wildman–Crippen LogP) is 2.88. The van der Waals surface area contributed by atoms with Crippen LogP contribution in [0.15, 0.2) is 6.07 Å². The summed E-state index contributed by atoms with van der Waals surface area (Å²) in [6, 6.07) is 1.14. The number of carbonyl (C=O) groups is 1. The Morgan fingerprint density at radius 1 is 1.64 bits per heavy atom. The lowest BCUT2D eigenvalue weighted by Gasteiger charge is -2.07. The average molecular weight is 220 g/mol. The topological polar surface area (TPSA) is 30.0 Å². The molecule has 0 aromatic carbocycles. The maximum atomic E-state index is 12.4. The van der Waals surface area contributed by atoms with E-state index in [1.54, 1.807) is 0 Å². The van der Waals surface area contributed by atoms with Crippen molar-refractivity contribution in [2.75, 3.05) is 0 Å². The Balaban J connectivity index is 3.30. The van der Waals surface area contributed by atoms with Crippen molar-refractivity contribution in [1.82, 2.24) is 4.98 Å². The molecular weight excluding hydrogens is 212 g/mol. The average Bonchev–Trinajstić information content (AvgIpc) is 2.16. The van der Waals surface area contributed by atoms with Crippen molar-refractivity contribution in [3.63, 3.8) is 0 Å². The first-order valence-electron chi connectivity index (χ1n) is 3.89. The van der Waals surface area contributed by atoms with Gasteiger partial charge in [-0.05, 0) is 13.0 Å². The third-order valence-corrected chi connectivity index (χ3v) is 2.11. The molecule has 0 aliphatic carbocycles. The Kier molecular flexibility index (Phi) is 3.52. The maximum absolute atomic E-state index is 12.4. The van der Waals surface area contributed by atoms with E-state index >= 15 is 0 Å². The molecule has 0 saturated carbocycles. The second kappa shape index (κ2) is 4.46. The quantitative estimate of drug-likeness (QED) is 0.578. The number of halogens is 3. The monoisotopic (exact) mass is 219 g/mol. The van der Waals surface area contributed by atoms with Crippen LogP contribution in [0.5, 0.6) is 0 Å². The van der Waals surface area contributed by atoms with E-state index in [0.717, 1.165) is 6.07 Å². The van der Waals surface area contributed by atoms with Gasteiger partial charge in [-0.1, -0.05) is 0 Å². The normalized spacial score (nSPS) is 10.6. The van der Waals surface area contributed by atoms with Crippen LogP contribution in [-0.2, 0) is 5.88 Å². The molecule has 14 heavy (non-hydrogen) atoms. The lowest BCUT2D eigenvalue weighted by Crippen LogP contribution is -2.01. The van der Waals surface area contributed by atoms with Crippen molar-refractivity contribution in [2.24, 2.45) is 0 Å². The summed E-state index contributed by atoms with van der Waals surface area (Å²) < 4.78 is 24.8. The predicted molar refractivity (Wildman–Crippen MR) is 48.9 cm³/mol. The van der Waals surface area contributed by atoms with Crippen LogP contribution >= 0.6 is 11.6 Å². The molecule has 0 aliphatic rings. The van der Waals surface area contributed by atoms with Crippen molar-refractivity contribution in [3.8, 4) is 0 Å². The Morgan fingerprint density at radius 2 is 2.29 bits per heavy atom. The summed E-state index contributed by atoms with van der Waals surface area (Å²) in [5.41, 5.74) is 0.451. The van der Waals surface area contributed by atoms with Crippen LogP contribution in [0.3, 0.4) is 0 Å². The number of hydrogen-bond acceptors (Lipinski definition) is 2. The van der Waals surface area contributed by atoms with Crippen LogP contribution < -0.4 is 0 Å². The van der Waals surface area contributed by atoms with E-state index in [0.29, 0.717) is 12.0 Å². The Hall–Kier alpha value is -1.03. The van der Waals surface area contributed by atoms with E-state index < -0.39 is 6.43 Å². The van der Waals surface area contributed by atoms with Crippen LogP contribution in [0.4, 0.5) is 8.78 Å². The van der Waals surface area contributed by atoms with Crippen LogP contribution in [0.1, 0.15) is 33.7 Å². The number of aldehydes is 1. The molecular formula is C9H8ClF2NO. The molecule has 2 nitrogen and oxygen atoms in total. The highest BCUT2D eigenvalue weighted by Crippen LogP contribution is 2.23. The van der Waals surface area contributed by atoms with Gasteiger partial charge in [0.2, 0.25) is 0 Å². The van der Waals surface area contributed by atoms with E-state index in [9.17, 15) is 13.6 Å². The van der Waals surface area contributed by atoms with Gasteiger partial charge in [-0.2, -0.15) is 0 Å². The zero-order valence-electron chi connectivity index (χ0n) is 7.43. The lowest BCUT2D eigenvalue weighted by atomic mass is 10.1. The van der Waals surface area contributed by atoms with Gasteiger partial charge in [0, 0.05) is 16.8 Å². The van der Waals surface area contributed by atoms with Crippen molar-refractivity contribution in [1.29, 1.82) is 0 Å². The summed E-state index contributed by atoms with van der Waals surface area (Å²) in [7, 11) is 0. The minimum Gasteiger partial charge on any atom is -0.298 e. The molecule has 5 heteroatoms. The number of aromatic nitrogens is 1. The molecule has 0 N–H and O–H groups in total. The van der Waals surface area contributed by atoms with Crippen LogP contribution in [0, 0.1) is 6.92 Å². The molecule has 0 unspecified atom stereocenters. The van der Waals surface area contributed by atoms with E-state index in [1.807, 2.05) is 0 Å². The fourth-order valence-corrected chi connectivity index (χ4v) is 1.33. The molecule has 0 fully saturated rings. The maximum Gasteiger partial charge on any atom is 0.265 e. The van der Waals surface area contributed by atoms with Crippen LogP contribution in [-0.4, -0.2) is 11.3 Å². The zero-order chi connectivity index (χ0) is 10.7. The Bertz CT molecular complexity index is 355. The van der Waals surface area contributed by atoms with Gasteiger partial charge >= 0.3 is 0 Å². The molecule has 76 valence electrons.